The number of methoxy groups -OCH3 is 1. The van der Waals surface area contributed by atoms with Crippen LogP contribution in [0.3, 0.4) is 0 Å². The minimum atomic E-state index is -0.347. The first kappa shape index (κ1) is 30.8. The highest BCUT2D eigenvalue weighted by atomic mass is 16.5. The first-order valence-corrected chi connectivity index (χ1v) is 13.8. The second-order valence-electron chi connectivity index (χ2n) is 10.6. The molecule has 0 aliphatic heterocycles. The van der Waals surface area contributed by atoms with Gasteiger partial charge in [0.2, 0.25) is 0 Å². The van der Waals surface area contributed by atoms with Crippen LogP contribution < -0.4 is 22.1 Å². The molecule has 2 rings (SSSR count). The highest BCUT2D eigenvalue weighted by molar-refractivity contribution is 5.60. The molecule has 6 nitrogen and oxygen atoms in total. The van der Waals surface area contributed by atoms with E-state index in [1.807, 2.05) is 24.4 Å². The van der Waals surface area contributed by atoms with E-state index in [2.05, 4.69) is 61.4 Å². The van der Waals surface area contributed by atoms with Gasteiger partial charge in [-0.1, -0.05) is 55.7 Å². The van der Waals surface area contributed by atoms with Gasteiger partial charge >= 0.3 is 0 Å². The minimum absolute atomic E-state index is 0.104. The lowest BCUT2D eigenvalue weighted by molar-refractivity contribution is -0.0166. The Balaban J connectivity index is 1.89. The SMILES string of the molecule is C=C/C=C(\C=C)C1CCC1CC(NC(C)C(C)(C/C=C/C(N)C/C=N\C(=C)NCCCN)OC)=C1CC1. The van der Waals surface area contributed by atoms with Crippen molar-refractivity contribution in [2.24, 2.45) is 28.3 Å². The lowest BCUT2D eigenvalue weighted by Crippen LogP contribution is -2.48. The molecule has 0 saturated heterocycles. The molecular formula is C31H51N5O. The molecule has 5 unspecified atom stereocenters. The average molecular weight is 510 g/mol. The molecule has 0 radical (unpaired) electrons. The molecule has 206 valence electrons. The quantitative estimate of drug-likeness (QED) is 0.0822. The van der Waals surface area contributed by atoms with E-state index in [0.717, 1.165) is 25.8 Å². The van der Waals surface area contributed by atoms with Gasteiger partial charge in [-0.05, 0) is 82.7 Å². The van der Waals surface area contributed by atoms with E-state index in [9.17, 15) is 0 Å². The van der Waals surface area contributed by atoms with Gasteiger partial charge in [0.1, 0.15) is 5.82 Å². The molecule has 5 atom stereocenters. The second-order valence-corrected chi connectivity index (χ2v) is 10.6. The van der Waals surface area contributed by atoms with Crippen LogP contribution in [0.1, 0.15) is 65.2 Å². The van der Waals surface area contributed by atoms with Crippen LogP contribution in [0, 0.1) is 11.8 Å². The van der Waals surface area contributed by atoms with Gasteiger partial charge in [-0.3, -0.25) is 0 Å². The van der Waals surface area contributed by atoms with Crippen LogP contribution in [0.4, 0.5) is 0 Å². The lowest BCUT2D eigenvalue weighted by atomic mass is 9.67. The van der Waals surface area contributed by atoms with Crippen LogP contribution in [0.5, 0.6) is 0 Å². The maximum atomic E-state index is 6.28. The summed E-state index contributed by atoms with van der Waals surface area (Å²) < 4.78 is 6.03. The summed E-state index contributed by atoms with van der Waals surface area (Å²) in [6, 6.07) is 0.0550. The first-order chi connectivity index (χ1) is 17.8. The Bertz CT molecular complexity index is 880. The van der Waals surface area contributed by atoms with Gasteiger partial charge in [-0.25, -0.2) is 4.99 Å². The van der Waals surface area contributed by atoms with E-state index in [0.29, 0.717) is 30.6 Å². The summed E-state index contributed by atoms with van der Waals surface area (Å²) in [6.45, 7) is 17.6. The highest BCUT2D eigenvalue weighted by Crippen LogP contribution is 2.45. The van der Waals surface area contributed by atoms with Gasteiger partial charge in [-0.15, -0.1) is 0 Å². The molecule has 2 saturated carbocycles. The number of hydrogen-bond acceptors (Lipinski definition) is 6. The molecule has 2 fully saturated rings. The zero-order valence-corrected chi connectivity index (χ0v) is 23.5. The number of ether oxygens (including phenoxy) is 1. The molecule has 0 bridgehead atoms. The third kappa shape index (κ3) is 10.1. The smallest absolute Gasteiger partial charge is 0.118 e. The number of allylic oxidation sites excluding steroid dienone is 6. The third-order valence-electron chi connectivity index (χ3n) is 7.80. The summed E-state index contributed by atoms with van der Waals surface area (Å²) in [6.07, 6.45) is 20.3. The number of aliphatic imine (C=N–C) groups is 1. The van der Waals surface area contributed by atoms with Crippen molar-refractivity contribution in [3.63, 3.8) is 0 Å². The van der Waals surface area contributed by atoms with Gasteiger partial charge in [0.15, 0.2) is 0 Å². The monoisotopic (exact) mass is 509 g/mol. The van der Waals surface area contributed by atoms with Crippen molar-refractivity contribution in [3.05, 3.63) is 72.8 Å². The second kappa shape index (κ2) is 15.8. The van der Waals surface area contributed by atoms with Crippen molar-refractivity contribution >= 4 is 6.21 Å². The zero-order valence-electron chi connectivity index (χ0n) is 23.5. The van der Waals surface area contributed by atoms with Gasteiger partial charge in [-0.2, -0.15) is 0 Å². The predicted molar refractivity (Wildman–Crippen MR) is 159 cm³/mol. The van der Waals surface area contributed by atoms with Crippen molar-refractivity contribution < 1.29 is 4.74 Å². The maximum Gasteiger partial charge on any atom is 0.118 e. The predicted octanol–water partition coefficient (Wildman–Crippen LogP) is 5.28. The normalized spacial score (nSPS) is 22.7. The fourth-order valence-electron chi connectivity index (χ4n) is 4.73. The van der Waals surface area contributed by atoms with Crippen molar-refractivity contribution in [1.82, 2.24) is 10.6 Å². The van der Waals surface area contributed by atoms with E-state index in [4.69, 9.17) is 16.2 Å². The van der Waals surface area contributed by atoms with Crippen LogP contribution >= 0.6 is 0 Å². The molecule has 0 amide bonds. The average Bonchev–Trinajstić information content (AvgIpc) is 3.70. The topological polar surface area (TPSA) is 97.7 Å². The largest absolute Gasteiger partial charge is 0.383 e. The van der Waals surface area contributed by atoms with Crippen LogP contribution in [0.2, 0.25) is 0 Å². The van der Waals surface area contributed by atoms with E-state index >= 15 is 0 Å². The molecule has 6 heteroatoms. The molecule has 0 aromatic heterocycles. The van der Waals surface area contributed by atoms with Gasteiger partial charge in [0, 0.05) is 38.0 Å². The summed E-state index contributed by atoms with van der Waals surface area (Å²) in [5.41, 5.74) is 15.7. The van der Waals surface area contributed by atoms with E-state index in [-0.39, 0.29) is 17.7 Å². The van der Waals surface area contributed by atoms with Gasteiger partial charge in [0.25, 0.3) is 0 Å². The minimum Gasteiger partial charge on any atom is -0.383 e. The Kier molecular flexibility index (Phi) is 13.1. The van der Waals surface area contributed by atoms with Gasteiger partial charge < -0.3 is 26.8 Å². The summed E-state index contributed by atoms with van der Waals surface area (Å²) in [7, 11) is 1.80. The molecule has 2 aliphatic carbocycles. The molecular weight excluding hydrogens is 458 g/mol. The Labute approximate surface area is 225 Å². The van der Waals surface area contributed by atoms with Crippen molar-refractivity contribution in [2.75, 3.05) is 20.2 Å². The van der Waals surface area contributed by atoms with Crippen molar-refractivity contribution in [1.29, 1.82) is 0 Å². The van der Waals surface area contributed by atoms with E-state index in [1.165, 1.54) is 37.0 Å². The number of rotatable bonds is 19. The fraction of sp³-hybridized carbons (Fsp3) is 0.581. The Hall–Kier alpha value is -2.41. The number of nitrogens with zero attached hydrogens (tertiary/aromatic N) is 1. The number of nitrogens with one attached hydrogen (secondary N) is 2. The number of hydrogen-bond donors (Lipinski definition) is 4. The third-order valence-corrected chi connectivity index (χ3v) is 7.80. The maximum absolute atomic E-state index is 6.28. The summed E-state index contributed by atoms with van der Waals surface area (Å²) >= 11 is 0. The van der Waals surface area contributed by atoms with Crippen LogP contribution in [0.15, 0.2) is 77.8 Å². The molecule has 37 heavy (non-hydrogen) atoms. The Morgan fingerprint density at radius 2 is 2.05 bits per heavy atom. The van der Waals surface area contributed by atoms with Gasteiger partial charge in [0.05, 0.1) is 11.6 Å². The molecule has 0 spiro atoms. The fourth-order valence-corrected chi connectivity index (χ4v) is 4.73. The van der Waals surface area contributed by atoms with Crippen molar-refractivity contribution in [2.45, 2.75) is 82.9 Å². The van der Waals surface area contributed by atoms with Crippen LogP contribution in [-0.2, 0) is 4.74 Å². The lowest BCUT2D eigenvalue weighted by Gasteiger charge is -2.40. The highest BCUT2D eigenvalue weighted by Gasteiger charge is 2.36. The number of nitrogens with two attached hydrogens (primary N) is 2. The van der Waals surface area contributed by atoms with Crippen LogP contribution in [0.25, 0.3) is 0 Å². The summed E-state index contributed by atoms with van der Waals surface area (Å²) in [5, 5.41) is 7.00. The molecule has 0 aromatic carbocycles. The zero-order chi connectivity index (χ0) is 27.3. The summed E-state index contributed by atoms with van der Waals surface area (Å²) in [4.78, 5) is 4.32. The molecule has 6 N–H and O–H groups in total. The molecule has 0 heterocycles. The van der Waals surface area contributed by atoms with E-state index < -0.39 is 0 Å². The molecule has 0 aromatic rings. The standard InChI is InChI=1S/C31H51N5O/c1-7-11-25(8-2)29-16-15-27(29)22-30(26-13-14-26)36-23(3)31(5,37-6)18-9-12-28(33)17-21-35-24(4)34-20-10-19-32/h7-9,11-12,21,23,27-29,34,36H,1-2,4,10,13-20,22,32-33H2,3,5-6H3/b12-9+,25-11+,35-21-. The van der Waals surface area contributed by atoms with Crippen molar-refractivity contribution in [3.8, 4) is 0 Å². The Morgan fingerprint density at radius 3 is 2.62 bits per heavy atom. The van der Waals surface area contributed by atoms with E-state index in [1.54, 1.807) is 12.7 Å². The van der Waals surface area contributed by atoms with Crippen LogP contribution in [-0.4, -0.2) is 44.1 Å². The Morgan fingerprint density at radius 1 is 1.30 bits per heavy atom. The summed E-state index contributed by atoms with van der Waals surface area (Å²) in [5.74, 6) is 1.89. The first-order valence-electron chi connectivity index (χ1n) is 13.8. The molecule has 2 aliphatic rings.